The number of rotatable bonds is 6. The van der Waals surface area contributed by atoms with Gasteiger partial charge in [-0.2, -0.15) is 0 Å². The standard InChI is InChI=1S/2C13H25NO3.Co/c2*1-9(11(15)16)17-10-7-12(2,3)14(6)13(4,5)8-10;/h2*9-10H,7-8H2,1-6H3,(H,15,16);/q;;+2/p-2. The van der Waals surface area contributed by atoms with E-state index in [0.29, 0.717) is 0 Å². The van der Waals surface area contributed by atoms with Crippen LogP contribution in [0.3, 0.4) is 0 Å². The number of aliphatic carboxylic acids is 2. The largest absolute Gasteiger partial charge is 2.00 e. The molecule has 2 heterocycles. The average molecular weight is 544 g/mol. The van der Waals surface area contributed by atoms with Gasteiger partial charge in [0.15, 0.2) is 0 Å². The number of hydrogen-bond donors (Lipinski definition) is 0. The predicted octanol–water partition coefficient (Wildman–Crippen LogP) is 1.58. The molecule has 9 heteroatoms. The molecule has 0 N–H and O–H groups in total. The molecule has 0 amide bonds. The Morgan fingerprint density at radius 2 is 0.857 bits per heavy atom. The third-order valence-electron chi connectivity index (χ3n) is 8.00. The van der Waals surface area contributed by atoms with Gasteiger partial charge >= 0.3 is 16.8 Å². The molecule has 2 atom stereocenters. The summed E-state index contributed by atoms with van der Waals surface area (Å²) in [7, 11) is 4.22. The summed E-state index contributed by atoms with van der Waals surface area (Å²) in [6, 6.07) is 0. The zero-order valence-electron chi connectivity index (χ0n) is 23.8. The molecule has 2 aliphatic heterocycles. The molecule has 0 aliphatic carbocycles. The minimum Gasteiger partial charge on any atom is -0.547 e. The van der Waals surface area contributed by atoms with E-state index in [1.54, 1.807) is 0 Å². The third-order valence-corrected chi connectivity index (χ3v) is 8.00. The maximum Gasteiger partial charge on any atom is 2.00 e. The Morgan fingerprint density at radius 3 is 1.03 bits per heavy atom. The maximum absolute atomic E-state index is 10.7. The second-order valence-corrected chi connectivity index (χ2v) is 12.6. The molecular formula is C26H48CoN2O6. The van der Waals surface area contributed by atoms with E-state index in [2.05, 4.69) is 79.3 Å². The molecule has 0 spiro atoms. The van der Waals surface area contributed by atoms with E-state index in [0.717, 1.165) is 25.7 Å². The molecular weight excluding hydrogens is 495 g/mol. The van der Waals surface area contributed by atoms with Crippen molar-refractivity contribution in [1.82, 2.24) is 9.80 Å². The second kappa shape index (κ2) is 12.2. The van der Waals surface area contributed by atoms with Crippen LogP contribution in [0.2, 0.25) is 0 Å². The van der Waals surface area contributed by atoms with Crippen LogP contribution in [-0.4, -0.2) is 82.4 Å². The zero-order chi connectivity index (χ0) is 26.9. The van der Waals surface area contributed by atoms with Crippen molar-refractivity contribution >= 4 is 11.9 Å². The number of hydrogen-bond acceptors (Lipinski definition) is 8. The fraction of sp³-hybridized carbons (Fsp3) is 0.923. The summed E-state index contributed by atoms with van der Waals surface area (Å²) >= 11 is 0. The Hall–Kier alpha value is -0.714. The van der Waals surface area contributed by atoms with Gasteiger partial charge in [0.1, 0.15) is 0 Å². The van der Waals surface area contributed by atoms with E-state index in [9.17, 15) is 19.8 Å². The smallest absolute Gasteiger partial charge is 0.547 e. The number of carbonyl (C=O) groups excluding carboxylic acids is 2. The van der Waals surface area contributed by atoms with E-state index in [-0.39, 0.29) is 51.1 Å². The quantitative estimate of drug-likeness (QED) is 0.498. The normalized spacial score (nSPS) is 25.9. The first-order valence-electron chi connectivity index (χ1n) is 12.3. The maximum atomic E-state index is 10.7. The molecule has 2 saturated heterocycles. The molecule has 35 heavy (non-hydrogen) atoms. The van der Waals surface area contributed by atoms with E-state index in [4.69, 9.17) is 9.47 Å². The number of nitrogens with zero attached hydrogens (tertiary/aromatic N) is 2. The van der Waals surface area contributed by atoms with Crippen molar-refractivity contribution in [3.8, 4) is 0 Å². The van der Waals surface area contributed by atoms with Crippen molar-refractivity contribution in [2.75, 3.05) is 14.1 Å². The average Bonchev–Trinajstić information content (AvgIpc) is 2.63. The predicted molar refractivity (Wildman–Crippen MR) is 129 cm³/mol. The topological polar surface area (TPSA) is 105 Å². The molecule has 1 radical (unpaired) electrons. The van der Waals surface area contributed by atoms with Gasteiger partial charge in [-0.25, -0.2) is 0 Å². The van der Waals surface area contributed by atoms with Crippen molar-refractivity contribution in [3.05, 3.63) is 0 Å². The molecule has 0 saturated carbocycles. The second-order valence-electron chi connectivity index (χ2n) is 12.6. The summed E-state index contributed by atoms with van der Waals surface area (Å²) in [6.45, 7) is 20.4. The van der Waals surface area contributed by atoms with Crippen LogP contribution in [0, 0.1) is 0 Å². The van der Waals surface area contributed by atoms with Crippen LogP contribution in [-0.2, 0) is 35.8 Å². The SMILES string of the molecule is CC(OC1CC(C)(C)N(C)C(C)(C)C1)C(=O)[O-].CC(OC1CC(C)(C)N(C)C(C)(C)C1)C(=O)[O-].[Co+2]. The van der Waals surface area contributed by atoms with Crippen molar-refractivity contribution in [2.24, 2.45) is 0 Å². The molecule has 207 valence electrons. The van der Waals surface area contributed by atoms with Crippen LogP contribution < -0.4 is 10.2 Å². The monoisotopic (exact) mass is 543 g/mol. The molecule has 2 aliphatic rings. The zero-order valence-corrected chi connectivity index (χ0v) is 24.9. The summed E-state index contributed by atoms with van der Waals surface area (Å²) in [6.07, 6.45) is 1.63. The number of ether oxygens (including phenoxy) is 2. The van der Waals surface area contributed by atoms with Crippen LogP contribution >= 0.6 is 0 Å². The molecule has 8 nitrogen and oxygen atoms in total. The Bertz CT molecular complexity index is 629. The van der Waals surface area contributed by atoms with Gasteiger partial charge in [-0.15, -0.1) is 0 Å². The Balaban J connectivity index is 0.000000642. The van der Waals surface area contributed by atoms with Gasteiger partial charge in [-0.1, -0.05) is 0 Å². The Kier molecular flexibility index (Phi) is 12.0. The van der Waals surface area contributed by atoms with Crippen LogP contribution in [0.25, 0.3) is 0 Å². The number of likely N-dealkylation sites (tertiary alicyclic amines) is 2. The molecule has 0 bridgehead atoms. The summed E-state index contributed by atoms with van der Waals surface area (Å²) < 4.78 is 11.2. The summed E-state index contributed by atoms with van der Waals surface area (Å²) in [4.78, 5) is 26.1. The molecule has 2 fully saturated rings. The van der Waals surface area contributed by atoms with Gasteiger partial charge in [0.25, 0.3) is 0 Å². The minimum atomic E-state index is -1.14. The molecule has 2 unspecified atom stereocenters. The van der Waals surface area contributed by atoms with Gasteiger partial charge in [0.2, 0.25) is 0 Å². The first-order chi connectivity index (χ1) is 15.1. The van der Waals surface area contributed by atoms with Gasteiger partial charge in [-0.3, -0.25) is 9.80 Å². The van der Waals surface area contributed by atoms with E-state index in [1.807, 2.05) is 0 Å². The molecule has 0 aromatic rings. The van der Waals surface area contributed by atoms with Crippen molar-refractivity contribution in [1.29, 1.82) is 0 Å². The van der Waals surface area contributed by atoms with Crippen molar-refractivity contribution < 1.29 is 46.1 Å². The number of carbonyl (C=O) groups is 2. The van der Waals surface area contributed by atoms with Crippen molar-refractivity contribution in [2.45, 2.75) is 141 Å². The van der Waals surface area contributed by atoms with Crippen molar-refractivity contribution in [3.63, 3.8) is 0 Å². The van der Waals surface area contributed by atoms with Crippen LogP contribution in [0.5, 0.6) is 0 Å². The van der Waals surface area contributed by atoms with Crippen LogP contribution in [0.1, 0.15) is 94.9 Å². The van der Waals surface area contributed by atoms with E-state index in [1.165, 1.54) is 13.8 Å². The van der Waals surface area contributed by atoms with Gasteiger partial charge in [0, 0.05) is 22.2 Å². The molecule has 0 aromatic carbocycles. The van der Waals surface area contributed by atoms with Gasteiger partial charge in [0.05, 0.1) is 36.4 Å². The fourth-order valence-electron chi connectivity index (χ4n) is 5.44. The number of piperidine rings is 2. The van der Waals surface area contributed by atoms with E-state index >= 15 is 0 Å². The third kappa shape index (κ3) is 9.27. The van der Waals surface area contributed by atoms with Gasteiger partial charge < -0.3 is 29.3 Å². The van der Waals surface area contributed by atoms with Crippen LogP contribution in [0.4, 0.5) is 0 Å². The Morgan fingerprint density at radius 1 is 0.657 bits per heavy atom. The summed E-state index contributed by atoms with van der Waals surface area (Å²) in [5.74, 6) is -2.28. The van der Waals surface area contributed by atoms with Crippen LogP contribution in [0.15, 0.2) is 0 Å². The molecule has 0 aromatic heterocycles. The van der Waals surface area contributed by atoms with E-state index < -0.39 is 24.1 Å². The number of carboxylic acids is 2. The van der Waals surface area contributed by atoms with Gasteiger partial charge in [-0.05, 0) is 109 Å². The minimum absolute atomic E-state index is 0. The summed E-state index contributed by atoms with van der Waals surface area (Å²) in [5.41, 5.74) is 0.0479. The Labute approximate surface area is 223 Å². The first kappa shape index (κ1) is 34.3. The fourth-order valence-corrected chi connectivity index (χ4v) is 5.44. The molecule has 2 rings (SSSR count). The number of carboxylic acid groups (broad SMARTS) is 2. The first-order valence-corrected chi connectivity index (χ1v) is 12.3. The summed E-state index contributed by atoms with van der Waals surface area (Å²) in [5, 5.41) is 21.4.